The standard InChI is InChI=1S/C18H32N2/c1-6-10-19-17(4)9-7-8-11-20(5)18-13-15(2)12-16(3)14-18/h12-14,17,19H,6-11H2,1-5H3. The molecule has 0 bridgehead atoms. The summed E-state index contributed by atoms with van der Waals surface area (Å²) in [5.74, 6) is 0. The number of nitrogens with zero attached hydrogens (tertiary/aromatic N) is 1. The zero-order valence-corrected chi connectivity index (χ0v) is 14.0. The van der Waals surface area contributed by atoms with E-state index in [1.165, 1.54) is 42.5 Å². The molecule has 1 N–H and O–H groups in total. The molecular weight excluding hydrogens is 244 g/mol. The third-order valence-corrected chi connectivity index (χ3v) is 3.77. The van der Waals surface area contributed by atoms with Gasteiger partial charge >= 0.3 is 0 Å². The maximum Gasteiger partial charge on any atom is 0.0368 e. The van der Waals surface area contributed by atoms with Crippen molar-refractivity contribution in [3.05, 3.63) is 29.3 Å². The molecule has 0 radical (unpaired) electrons. The Morgan fingerprint density at radius 3 is 2.35 bits per heavy atom. The molecule has 0 aromatic heterocycles. The first kappa shape index (κ1) is 17.0. The Morgan fingerprint density at radius 2 is 1.75 bits per heavy atom. The fourth-order valence-electron chi connectivity index (χ4n) is 2.59. The zero-order valence-electron chi connectivity index (χ0n) is 14.0. The normalized spacial score (nSPS) is 12.4. The summed E-state index contributed by atoms with van der Waals surface area (Å²) < 4.78 is 0. The fourth-order valence-corrected chi connectivity index (χ4v) is 2.59. The summed E-state index contributed by atoms with van der Waals surface area (Å²) in [6.07, 6.45) is 5.06. The van der Waals surface area contributed by atoms with Crippen molar-refractivity contribution >= 4 is 5.69 Å². The Kier molecular flexibility index (Phi) is 7.68. The van der Waals surface area contributed by atoms with Gasteiger partial charge in [-0.15, -0.1) is 0 Å². The van der Waals surface area contributed by atoms with E-state index in [1.54, 1.807) is 0 Å². The van der Waals surface area contributed by atoms with Crippen LogP contribution in [-0.2, 0) is 0 Å². The minimum absolute atomic E-state index is 0.654. The number of nitrogens with one attached hydrogen (secondary N) is 1. The number of hydrogen-bond donors (Lipinski definition) is 1. The predicted molar refractivity (Wildman–Crippen MR) is 90.8 cm³/mol. The van der Waals surface area contributed by atoms with Gasteiger partial charge in [0.15, 0.2) is 0 Å². The number of rotatable bonds is 9. The lowest BCUT2D eigenvalue weighted by Crippen LogP contribution is -2.27. The maximum absolute atomic E-state index is 3.55. The molecule has 0 saturated carbocycles. The van der Waals surface area contributed by atoms with Gasteiger partial charge < -0.3 is 10.2 Å². The second-order valence-electron chi connectivity index (χ2n) is 6.12. The van der Waals surface area contributed by atoms with Crippen molar-refractivity contribution in [3.8, 4) is 0 Å². The Bertz CT molecular complexity index is 367. The largest absolute Gasteiger partial charge is 0.375 e. The lowest BCUT2D eigenvalue weighted by atomic mass is 10.1. The zero-order chi connectivity index (χ0) is 15.0. The number of benzene rings is 1. The number of aryl methyl sites for hydroxylation is 2. The third kappa shape index (κ3) is 6.42. The van der Waals surface area contributed by atoms with Crippen LogP contribution in [0.5, 0.6) is 0 Å². The molecule has 1 unspecified atom stereocenters. The Labute approximate surface area is 125 Å². The van der Waals surface area contributed by atoms with Crippen LogP contribution in [0, 0.1) is 13.8 Å². The van der Waals surface area contributed by atoms with Crippen molar-refractivity contribution < 1.29 is 0 Å². The molecule has 0 aliphatic carbocycles. The molecule has 20 heavy (non-hydrogen) atoms. The third-order valence-electron chi connectivity index (χ3n) is 3.77. The van der Waals surface area contributed by atoms with Crippen LogP contribution in [-0.4, -0.2) is 26.2 Å². The van der Waals surface area contributed by atoms with Gasteiger partial charge in [0.2, 0.25) is 0 Å². The molecule has 0 aliphatic heterocycles. The molecular formula is C18H32N2. The molecule has 0 saturated heterocycles. The van der Waals surface area contributed by atoms with Gasteiger partial charge in [-0.05, 0) is 69.8 Å². The number of hydrogen-bond acceptors (Lipinski definition) is 2. The molecule has 1 atom stereocenters. The average molecular weight is 276 g/mol. The average Bonchev–Trinajstić information content (AvgIpc) is 2.40. The first-order chi connectivity index (χ1) is 9.52. The van der Waals surface area contributed by atoms with E-state index in [0.717, 1.165) is 13.1 Å². The molecule has 1 aromatic carbocycles. The van der Waals surface area contributed by atoms with E-state index in [9.17, 15) is 0 Å². The highest BCUT2D eigenvalue weighted by molar-refractivity contribution is 5.50. The van der Waals surface area contributed by atoms with Crippen LogP contribution < -0.4 is 10.2 Å². The molecule has 2 nitrogen and oxygen atoms in total. The Balaban J connectivity index is 2.27. The lowest BCUT2D eigenvalue weighted by molar-refractivity contribution is 0.490. The molecule has 1 rings (SSSR count). The van der Waals surface area contributed by atoms with Gasteiger partial charge in [0, 0.05) is 25.3 Å². The van der Waals surface area contributed by atoms with Gasteiger partial charge in [-0.3, -0.25) is 0 Å². The minimum atomic E-state index is 0.654. The van der Waals surface area contributed by atoms with Gasteiger partial charge in [0.25, 0.3) is 0 Å². The van der Waals surface area contributed by atoms with E-state index < -0.39 is 0 Å². The van der Waals surface area contributed by atoms with Crippen molar-refractivity contribution in [2.45, 2.75) is 59.4 Å². The van der Waals surface area contributed by atoms with E-state index in [-0.39, 0.29) is 0 Å². The van der Waals surface area contributed by atoms with Crippen LogP contribution in [0.4, 0.5) is 5.69 Å². The van der Waals surface area contributed by atoms with E-state index in [0.29, 0.717) is 6.04 Å². The Morgan fingerprint density at radius 1 is 1.10 bits per heavy atom. The summed E-state index contributed by atoms with van der Waals surface area (Å²) in [4.78, 5) is 2.38. The van der Waals surface area contributed by atoms with E-state index in [2.05, 4.69) is 63.2 Å². The summed E-state index contributed by atoms with van der Waals surface area (Å²) >= 11 is 0. The first-order valence-electron chi connectivity index (χ1n) is 8.05. The highest BCUT2D eigenvalue weighted by Gasteiger charge is 2.04. The summed E-state index contributed by atoms with van der Waals surface area (Å²) in [7, 11) is 2.20. The molecule has 0 aliphatic rings. The topological polar surface area (TPSA) is 15.3 Å². The molecule has 0 heterocycles. The molecule has 0 spiro atoms. The molecule has 1 aromatic rings. The summed E-state index contributed by atoms with van der Waals surface area (Å²) in [6, 6.07) is 7.44. The van der Waals surface area contributed by atoms with E-state index in [1.807, 2.05) is 0 Å². The maximum atomic E-state index is 3.55. The summed E-state index contributed by atoms with van der Waals surface area (Å²) in [6.45, 7) is 11.1. The number of anilines is 1. The molecule has 114 valence electrons. The number of unbranched alkanes of at least 4 members (excludes halogenated alkanes) is 1. The van der Waals surface area contributed by atoms with Gasteiger partial charge in [-0.25, -0.2) is 0 Å². The van der Waals surface area contributed by atoms with Crippen molar-refractivity contribution in [1.82, 2.24) is 5.32 Å². The molecule has 0 fully saturated rings. The first-order valence-corrected chi connectivity index (χ1v) is 8.05. The summed E-state index contributed by atoms with van der Waals surface area (Å²) in [5.41, 5.74) is 4.05. The van der Waals surface area contributed by atoms with Crippen LogP contribution in [0.2, 0.25) is 0 Å². The molecule has 2 heteroatoms. The predicted octanol–water partition coefficient (Wildman–Crippen LogP) is 4.30. The SMILES string of the molecule is CCCNC(C)CCCCN(C)c1cc(C)cc(C)c1. The van der Waals surface area contributed by atoms with Crippen molar-refractivity contribution in [3.63, 3.8) is 0 Å². The smallest absolute Gasteiger partial charge is 0.0368 e. The van der Waals surface area contributed by atoms with Crippen LogP contribution in [0.1, 0.15) is 50.7 Å². The summed E-state index contributed by atoms with van der Waals surface area (Å²) in [5, 5.41) is 3.55. The second kappa shape index (κ2) is 9.02. The quantitative estimate of drug-likeness (QED) is 0.677. The van der Waals surface area contributed by atoms with Gasteiger partial charge in [-0.2, -0.15) is 0 Å². The van der Waals surface area contributed by atoms with Crippen LogP contribution in [0.15, 0.2) is 18.2 Å². The van der Waals surface area contributed by atoms with Gasteiger partial charge in [0.1, 0.15) is 0 Å². The second-order valence-corrected chi connectivity index (χ2v) is 6.12. The monoisotopic (exact) mass is 276 g/mol. The van der Waals surface area contributed by atoms with Gasteiger partial charge in [-0.1, -0.05) is 19.4 Å². The fraction of sp³-hybridized carbons (Fsp3) is 0.667. The van der Waals surface area contributed by atoms with Crippen LogP contribution in [0.3, 0.4) is 0 Å². The van der Waals surface area contributed by atoms with Crippen LogP contribution >= 0.6 is 0 Å². The van der Waals surface area contributed by atoms with Crippen molar-refractivity contribution in [2.75, 3.05) is 25.0 Å². The minimum Gasteiger partial charge on any atom is -0.375 e. The van der Waals surface area contributed by atoms with E-state index in [4.69, 9.17) is 0 Å². The molecule has 0 amide bonds. The lowest BCUT2D eigenvalue weighted by Gasteiger charge is -2.21. The van der Waals surface area contributed by atoms with Crippen LogP contribution in [0.25, 0.3) is 0 Å². The van der Waals surface area contributed by atoms with Gasteiger partial charge in [0.05, 0.1) is 0 Å². The van der Waals surface area contributed by atoms with Crippen molar-refractivity contribution in [2.24, 2.45) is 0 Å². The van der Waals surface area contributed by atoms with Crippen molar-refractivity contribution in [1.29, 1.82) is 0 Å². The van der Waals surface area contributed by atoms with E-state index >= 15 is 0 Å². The highest BCUT2D eigenvalue weighted by Crippen LogP contribution is 2.18. The Hall–Kier alpha value is -1.02. The highest BCUT2D eigenvalue weighted by atomic mass is 15.1.